The summed E-state index contributed by atoms with van der Waals surface area (Å²) in [5.41, 5.74) is -0.352. The largest absolute Gasteiger partial charge is 0.441 e. The van der Waals surface area contributed by atoms with Crippen molar-refractivity contribution in [3.05, 3.63) is 72.2 Å². The number of carbonyl (C=O) groups excluding carboxylic acids is 1. The van der Waals surface area contributed by atoms with E-state index in [9.17, 15) is 22.0 Å². The van der Waals surface area contributed by atoms with Gasteiger partial charge in [0.1, 0.15) is 11.9 Å². The smallest absolute Gasteiger partial charge is 0.407 e. The number of benzene rings is 1. The van der Waals surface area contributed by atoms with Crippen molar-refractivity contribution in [3.8, 4) is 11.3 Å². The molecule has 0 aliphatic heterocycles. The molecule has 10 heteroatoms. The molecule has 3 aromatic rings. The minimum atomic E-state index is -4.24. The Morgan fingerprint density at radius 1 is 1.16 bits per heavy atom. The van der Waals surface area contributed by atoms with Crippen molar-refractivity contribution in [2.24, 2.45) is 5.41 Å². The molecule has 0 radical (unpaired) electrons. The number of amides is 1. The molecule has 1 aromatic carbocycles. The van der Waals surface area contributed by atoms with Crippen LogP contribution in [0.15, 0.2) is 59.8 Å². The fourth-order valence-corrected chi connectivity index (χ4v) is 4.59. The summed E-state index contributed by atoms with van der Waals surface area (Å²) in [5, 5.41) is 2.37. The van der Waals surface area contributed by atoms with Crippen molar-refractivity contribution < 1.29 is 26.7 Å². The van der Waals surface area contributed by atoms with Gasteiger partial charge in [0.05, 0.1) is 16.2 Å². The van der Waals surface area contributed by atoms with Crippen LogP contribution < -0.4 is 5.32 Å². The molecule has 3 rings (SSSR count). The molecule has 0 aliphatic carbocycles. The van der Waals surface area contributed by atoms with E-state index in [0.29, 0.717) is 5.56 Å². The van der Waals surface area contributed by atoms with Crippen LogP contribution in [0.3, 0.4) is 0 Å². The highest BCUT2D eigenvalue weighted by Crippen LogP contribution is 2.39. The first kappa shape index (κ1) is 23.4. The predicted molar refractivity (Wildman–Crippen MR) is 114 cm³/mol. The fraction of sp³-hybridized carbons (Fsp3) is 0.273. The van der Waals surface area contributed by atoms with Gasteiger partial charge in [-0.1, -0.05) is 20.8 Å². The summed E-state index contributed by atoms with van der Waals surface area (Å²) in [6.45, 7) is 5.45. The predicted octanol–water partition coefficient (Wildman–Crippen LogP) is 4.51. The van der Waals surface area contributed by atoms with Crippen molar-refractivity contribution in [1.82, 2.24) is 14.3 Å². The van der Waals surface area contributed by atoms with E-state index in [1.54, 1.807) is 0 Å². The van der Waals surface area contributed by atoms with Crippen molar-refractivity contribution >= 4 is 16.1 Å². The Balaban J connectivity index is 2.26. The highest BCUT2D eigenvalue weighted by Gasteiger charge is 2.34. The molecule has 170 valence electrons. The maximum Gasteiger partial charge on any atom is 0.407 e. The van der Waals surface area contributed by atoms with Gasteiger partial charge in [-0.05, 0) is 42.5 Å². The average molecular weight is 464 g/mol. The number of halogens is 2. The van der Waals surface area contributed by atoms with Gasteiger partial charge >= 0.3 is 6.09 Å². The van der Waals surface area contributed by atoms with Gasteiger partial charge in [0.25, 0.3) is 10.0 Å². The normalized spacial score (nSPS) is 12.9. The minimum absolute atomic E-state index is 0.00955. The lowest BCUT2D eigenvalue weighted by atomic mass is 9.85. The molecule has 1 amide bonds. The third-order valence-electron chi connectivity index (χ3n) is 4.73. The number of nitrogens with zero attached hydrogens (tertiary/aromatic N) is 2. The molecular formula is C22H23F2N3O4S. The number of carbonyl (C=O) groups is 1. The number of rotatable bonds is 5. The molecule has 1 N–H and O–H groups in total. The average Bonchev–Trinajstić information content (AvgIpc) is 3.17. The minimum Gasteiger partial charge on any atom is -0.441 e. The van der Waals surface area contributed by atoms with Gasteiger partial charge in [0.15, 0.2) is 0 Å². The number of pyridine rings is 1. The van der Waals surface area contributed by atoms with Gasteiger partial charge in [0, 0.05) is 30.4 Å². The van der Waals surface area contributed by atoms with Gasteiger partial charge in [-0.15, -0.1) is 0 Å². The lowest BCUT2D eigenvalue weighted by Gasteiger charge is -2.29. The zero-order chi connectivity index (χ0) is 23.7. The number of hydrogen-bond donors (Lipinski definition) is 1. The zero-order valence-electron chi connectivity index (χ0n) is 18.0. The molecular weight excluding hydrogens is 440 g/mol. The second-order valence-corrected chi connectivity index (χ2v) is 9.97. The molecule has 0 spiro atoms. The third kappa shape index (κ3) is 4.64. The molecule has 0 saturated heterocycles. The van der Waals surface area contributed by atoms with Crippen LogP contribution in [0, 0.1) is 17.2 Å². The molecule has 2 aromatic heterocycles. The maximum absolute atomic E-state index is 14.5. The second-order valence-electron chi connectivity index (χ2n) is 8.16. The van der Waals surface area contributed by atoms with E-state index in [1.165, 1.54) is 37.6 Å². The first-order valence-corrected chi connectivity index (χ1v) is 11.1. The lowest BCUT2D eigenvalue weighted by molar-refractivity contribution is 0.0315. The second kappa shape index (κ2) is 8.70. The Bertz CT molecular complexity index is 1230. The summed E-state index contributed by atoms with van der Waals surface area (Å²) in [4.78, 5) is 15.4. The number of alkyl carbamates (subject to hydrolysis) is 1. The summed E-state index contributed by atoms with van der Waals surface area (Å²) < 4.78 is 61.1. The highest BCUT2D eigenvalue weighted by molar-refractivity contribution is 7.90. The Labute approximate surface area is 185 Å². The maximum atomic E-state index is 14.5. The van der Waals surface area contributed by atoms with E-state index in [4.69, 9.17) is 4.74 Å². The summed E-state index contributed by atoms with van der Waals surface area (Å²) in [5.74, 6) is -1.46. The van der Waals surface area contributed by atoms with Gasteiger partial charge in [-0.3, -0.25) is 0 Å². The quantitative estimate of drug-likeness (QED) is 0.563. The summed E-state index contributed by atoms with van der Waals surface area (Å²) >= 11 is 0. The summed E-state index contributed by atoms with van der Waals surface area (Å²) in [7, 11) is -2.84. The van der Waals surface area contributed by atoms with Crippen molar-refractivity contribution in [2.45, 2.75) is 31.8 Å². The van der Waals surface area contributed by atoms with Crippen LogP contribution in [0.4, 0.5) is 13.6 Å². The Morgan fingerprint density at radius 2 is 1.81 bits per heavy atom. The standard InChI is InChI=1S/C22H23F2N3O4S/c1-22(2,3)19(31-21(28)25-4)14-12-18(17-6-5-11-26-20(17)24)27(13-14)32(29,30)16-9-7-15(23)8-10-16/h5-13,19H,1-4H3,(H,25,28). The molecule has 0 aliphatic rings. The van der Waals surface area contributed by atoms with Crippen molar-refractivity contribution in [1.29, 1.82) is 0 Å². The molecule has 0 fully saturated rings. The number of hydrogen-bond acceptors (Lipinski definition) is 5. The lowest BCUT2D eigenvalue weighted by Crippen LogP contribution is -2.28. The van der Waals surface area contributed by atoms with Gasteiger partial charge in [0.2, 0.25) is 5.95 Å². The van der Waals surface area contributed by atoms with Crippen LogP contribution >= 0.6 is 0 Å². The van der Waals surface area contributed by atoms with E-state index in [-0.39, 0.29) is 16.2 Å². The number of ether oxygens (including phenoxy) is 1. The molecule has 1 unspecified atom stereocenters. The summed E-state index contributed by atoms with van der Waals surface area (Å²) in [6.07, 6.45) is 0.965. The van der Waals surface area contributed by atoms with Crippen LogP contribution in [-0.2, 0) is 14.8 Å². The van der Waals surface area contributed by atoms with Gasteiger partial charge in [-0.25, -0.2) is 26.6 Å². The SMILES string of the molecule is CNC(=O)OC(c1cc(-c2cccnc2F)n(S(=O)(=O)c2ccc(F)cc2)c1)C(C)(C)C. The van der Waals surface area contributed by atoms with Crippen LogP contribution in [0.25, 0.3) is 11.3 Å². The molecule has 2 heterocycles. The molecule has 1 atom stereocenters. The number of aromatic nitrogens is 2. The summed E-state index contributed by atoms with van der Waals surface area (Å²) in [6, 6.07) is 8.60. The van der Waals surface area contributed by atoms with Gasteiger partial charge < -0.3 is 10.1 Å². The first-order valence-electron chi connectivity index (χ1n) is 9.68. The van der Waals surface area contributed by atoms with E-state index in [0.717, 1.165) is 28.2 Å². The van der Waals surface area contributed by atoms with E-state index < -0.39 is 39.4 Å². The van der Waals surface area contributed by atoms with E-state index >= 15 is 0 Å². The fourth-order valence-electron chi connectivity index (χ4n) is 3.21. The highest BCUT2D eigenvalue weighted by atomic mass is 32.2. The molecule has 32 heavy (non-hydrogen) atoms. The monoisotopic (exact) mass is 463 g/mol. The van der Waals surface area contributed by atoms with Crippen molar-refractivity contribution in [3.63, 3.8) is 0 Å². The topological polar surface area (TPSA) is 90.3 Å². The molecule has 0 bridgehead atoms. The molecule has 7 nitrogen and oxygen atoms in total. The Hall–Kier alpha value is -3.27. The number of nitrogens with one attached hydrogen (secondary N) is 1. The van der Waals surface area contributed by atoms with Crippen LogP contribution in [-0.4, -0.2) is 30.5 Å². The van der Waals surface area contributed by atoms with Crippen LogP contribution in [0.2, 0.25) is 0 Å². The van der Waals surface area contributed by atoms with E-state index in [1.807, 2.05) is 20.8 Å². The van der Waals surface area contributed by atoms with Crippen LogP contribution in [0.5, 0.6) is 0 Å². The zero-order valence-corrected chi connectivity index (χ0v) is 18.8. The van der Waals surface area contributed by atoms with Crippen molar-refractivity contribution in [2.75, 3.05) is 7.05 Å². The third-order valence-corrected chi connectivity index (χ3v) is 6.42. The Kier molecular flexibility index (Phi) is 6.36. The molecule has 0 saturated carbocycles. The van der Waals surface area contributed by atoms with E-state index in [2.05, 4.69) is 10.3 Å². The van der Waals surface area contributed by atoms with Gasteiger partial charge in [-0.2, -0.15) is 4.39 Å². The first-order chi connectivity index (χ1) is 14.9. The Morgan fingerprint density at radius 3 is 2.38 bits per heavy atom. The van der Waals surface area contributed by atoms with Crippen LogP contribution in [0.1, 0.15) is 32.4 Å².